The maximum Gasteiger partial charge on any atom is 0.322 e. The van der Waals surface area contributed by atoms with Gasteiger partial charge in [-0.2, -0.15) is 0 Å². The predicted molar refractivity (Wildman–Crippen MR) is 145 cm³/mol. The fourth-order valence-electron chi connectivity index (χ4n) is 3.76. The topological polar surface area (TPSA) is 106 Å². The quantitative estimate of drug-likeness (QED) is 0.227. The van der Waals surface area contributed by atoms with Gasteiger partial charge in [0.1, 0.15) is 0 Å². The van der Waals surface area contributed by atoms with E-state index < -0.39 is 12.3 Å². The summed E-state index contributed by atoms with van der Waals surface area (Å²) in [4.78, 5) is 27.1. The first-order valence-electron chi connectivity index (χ1n) is 13.0. The van der Waals surface area contributed by atoms with E-state index in [0.717, 1.165) is 12.0 Å². The number of ether oxygens (including phenoxy) is 2. The number of amides is 3. The average molecular weight is 499 g/mol. The van der Waals surface area contributed by atoms with E-state index in [1.54, 1.807) is 0 Å². The van der Waals surface area contributed by atoms with Gasteiger partial charge in [0.15, 0.2) is 6.29 Å². The molecule has 2 aromatic carbocycles. The molecule has 0 radical (unpaired) electrons. The number of hydrogen-bond donors (Lipinski definition) is 3. The van der Waals surface area contributed by atoms with E-state index in [1.807, 2.05) is 62.4 Å². The van der Waals surface area contributed by atoms with Crippen molar-refractivity contribution in [1.82, 2.24) is 5.32 Å². The second kappa shape index (κ2) is 16.7. The minimum atomic E-state index is -0.589. The van der Waals surface area contributed by atoms with Crippen molar-refractivity contribution in [2.75, 3.05) is 36.5 Å². The van der Waals surface area contributed by atoms with Gasteiger partial charge in [0.2, 0.25) is 5.91 Å². The smallest absolute Gasteiger partial charge is 0.322 e. The molecule has 8 nitrogen and oxygen atoms in total. The molecule has 0 aromatic heterocycles. The highest BCUT2D eigenvalue weighted by molar-refractivity contribution is 5.98. The second-order valence-electron chi connectivity index (χ2n) is 8.54. The Hall–Kier alpha value is -2.94. The molecular formula is C28H42N4O4. The van der Waals surface area contributed by atoms with Crippen molar-refractivity contribution in [3.05, 3.63) is 59.7 Å². The molecule has 0 spiro atoms. The Morgan fingerprint density at radius 2 is 1.53 bits per heavy atom. The average Bonchev–Trinajstić information content (AvgIpc) is 2.89. The van der Waals surface area contributed by atoms with Gasteiger partial charge < -0.3 is 25.8 Å². The van der Waals surface area contributed by atoms with Crippen LogP contribution in [0.15, 0.2) is 48.5 Å². The highest BCUT2D eigenvalue weighted by atomic mass is 16.7. The molecule has 0 atom stereocenters. The van der Waals surface area contributed by atoms with Crippen LogP contribution in [0.4, 0.5) is 16.2 Å². The van der Waals surface area contributed by atoms with Crippen molar-refractivity contribution in [3.8, 4) is 0 Å². The van der Waals surface area contributed by atoms with Gasteiger partial charge in [0, 0.05) is 31.1 Å². The van der Waals surface area contributed by atoms with Crippen LogP contribution in [0.25, 0.3) is 0 Å². The molecule has 0 fully saturated rings. The van der Waals surface area contributed by atoms with Crippen LogP contribution in [0.1, 0.15) is 57.6 Å². The Morgan fingerprint density at radius 3 is 2.11 bits per heavy atom. The molecule has 0 aliphatic heterocycles. The molecule has 0 saturated heterocycles. The number of rotatable bonds is 16. The maximum atomic E-state index is 13.1. The molecule has 8 heteroatoms. The number of carbonyl (C=O) groups is 2. The van der Waals surface area contributed by atoms with Crippen LogP contribution in [-0.4, -0.2) is 44.5 Å². The first kappa shape index (κ1) is 29.3. The Labute approximate surface area is 215 Å². The zero-order valence-electron chi connectivity index (χ0n) is 21.9. The van der Waals surface area contributed by atoms with Crippen LogP contribution in [-0.2, 0) is 27.2 Å². The monoisotopic (exact) mass is 498 g/mol. The number of nitrogens with one attached hydrogen (secondary N) is 2. The third-order valence-corrected chi connectivity index (χ3v) is 5.72. The van der Waals surface area contributed by atoms with E-state index in [-0.39, 0.29) is 19.0 Å². The molecule has 0 heterocycles. The highest BCUT2D eigenvalue weighted by Crippen LogP contribution is 2.17. The third-order valence-electron chi connectivity index (χ3n) is 5.72. The molecule has 0 aliphatic carbocycles. The summed E-state index contributed by atoms with van der Waals surface area (Å²) < 4.78 is 11.3. The Balaban J connectivity index is 1.96. The summed E-state index contributed by atoms with van der Waals surface area (Å²) in [5, 5.41) is 5.55. The van der Waals surface area contributed by atoms with Crippen molar-refractivity contribution < 1.29 is 19.1 Å². The fourth-order valence-corrected chi connectivity index (χ4v) is 3.76. The minimum Gasteiger partial charge on any atom is -0.351 e. The summed E-state index contributed by atoms with van der Waals surface area (Å²) in [6, 6.07) is 14.8. The first-order valence-corrected chi connectivity index (χ1v) is 13.0. The number of anilines is 2. The molecule has 4 N–H and O–H groups in total. The highest BCUT2D eigenvalue weighted by Gasteiger charge is 2.22. The lowest BCUT2D eigenvalue weighted by molar-refractivity contribution is -0.128. The number of benzene rings is 2. The second-order valence-corrected chi connectivity index (χ2v) is 8.54. The van der Waals surface area contributed by atoms with Crippen molar-refractivity contribution in [2.24, 2.45) is 5.73 Å². The first-order chi connectivity index (χ1) is 17.5. The molecule has 2 rings (SSSR count). The van der Waals surface area contributed by atoms with E-state index in [2.05, 4.69) is 17.6 Å². The van der Waals surface area contributed by atoms with Crippen molar-refractivity contribution in [1.29, 1.82) is 0 Å². The van der Waals surface area contributed by atoms with Gasteiger partial charge in [0.25, 0.3) is 0 Å². The zero-order chi connectivity index (χ0) is 26.2. The van der Waals surface area contributed by atoms with Crippen molar-refractivity contribution >= 4 is 23.3 Å². The van der Waals surface area contributed by atoms with Gasteiger partial charge in [-0.3, -0.25) is 9.69 Å². The van der Waals surface area contributed by atoms with Crippen LogP contribution in [0.3, 0.4) is 0 Å². The van der Waals surface area contributed by atoms with E-state index in [1.165, 1.54) is 36.1 Å². The SMILES string of the molecule is CCCCCCc1ccc(NC(=O)CNC(=O)N(CC(OCC)OCC)c2ccc(CN)cc2)cc1. The summed E-state index contributed by atoms with van der Waals surface area (Å²) in [5.41, 5.74) is 9.27. The Morgan fingerprint density at radius 1 is 0.889 bits per heavy atom. The number of aryl methyl sites for hydroxylation is 1. The predicted octanol–water partition coefficient (Wildman–Crippen LogP) is 4.82. The van der Waals surface area contributed by atoms with Crippen molar-refractivity contribution in [2.45, 2.75) is 65.7 Å². The van der Waals surface area contributed by atoms with Gasteiger partial charge >= 0.3 is 6.03 Å². The van der Waals surface area contributed by atoms with E-state index in [4.69, 9.17) is 15.2 Å². The zero-order valence-corrected chi connectivity index (χ0v) is 21.9. The maximum absolute atomic E-state index is 13.1. The summed E-state index contributed by atoms with van der Waals surface area (Å²) in [5.74, 6) is -0.302. The van der Waals surface area contributed by atoms with E-state index in [9.17, 15) is 9.59 Å². The fraction of sp³-hybridized carbons (Fsp3) is 0.500. The number of unbranched alkanes of at least 4 members (excludes halogenated alkanes) is 3. The summed E-state index contributed by atoms with van der Waals surface area (Å²) >= 11 is 0. The minimum absolute atomic E-state index is 0.164. The number of carbonyl (C=O) groups excluding carboxylic acids is 2. The molecule has 3 amide bonds. The Kier molecular flexibility index (Phi) is 13.6. The number of urea groups is 1. The van der Waals surface area contributed by atoms with E-state index in [0.29, 0.717) is 31.1 Å². The van der Waals surface area contributed by atoms with Crippen molar-refractivity contribution in [3.63, 3.8) is 0 Å². The largest absolute Gasteiger partial charge is 0.351 e. The van der Waals surface area contributed by atoms with Gasteiger partial charge in [0.05, 0.1) is 13.1 Å². The molecular weight excluding hydrogens is 456 g/mol. The molecule has 0 aliphatic rings. The lowest BCUT2D eigenvalue weighted by Gasteiger charge is -2.27. The molecule has 0 saturated carbocycles. The van der Waals surface area contributed by atoms with Gasteiger partial charge in [-0.25, -0.2) is 4.79 Å². The molecule has 0 bridgehead atoms. The lowest BCUT2D eigenvalue weighted by atomic mass is 10.1. The van der Waals surface area contributed by atoms with Crippen LogP contribution >= 0.6 is 0 Å². The van der Waals surface area contributed by atoms with Gasteiger partial charge in [-0.05, 0) is 62.1 Å². The molecule has 198 valence electrons. The molecule has 2 aromatic rings. The van der Waals surface area contributed by atoms with Gasteiger partial charge in [-0.1, -0.05) is 50.5 Å². The van der Waals surface area contributed by atoms with E-state index >= 15 is 0 Å². The number of nitrogens with two attached hydrogens (primary N) is 1. The van der Waals surface area contributed by atoms with Gasteiger partial charge in [-0.15, -0.1) is 0 Å². The lowest BCUT2D eigenvalue weighted by Crippen LogP contribution is -2.47. The summed E-state index contributed by atoms with van der Waals surface area (Å²) in [6.45, 7) is 7.27. The number of hydrogen-bond acceptors (Lipinski definition) is 5. The van der Waals surface area contributed by atoms with Crippen LogP contribution in [0, 0.1) is 0 Å². The van der Waals surface area contributed by atoms with Crippen LogP contribution in [0.5, 0.6) is 0 Å². The standard InChI is InChI=1S/C28H42N4O4/c1-4-7-8-9-10-22-11-15-24(16-12-22)31-26(33)20-30-28(34)32(21-27(35-5-2)36-6-3)25-17-13-23(19-29)14-18-25/h11-18,27H,4-10,19-21,29H2,1-3H3,(H,30,34)(H,31,33). The Bertz CT molecular complexity index is 897. The summed E-state index contributed by atoms with van der Waals surface area (Å²) in [6.07, 6.45) is 5.34. The summed E-state index contributed by atoms with van der Waals surface area (Å²) in [7, 11) is 0. The van der Waals surface area contributed by atoms with Crippen LogP contribution < -0.4 is 21.3 Å². The molecule has 0 unspecified atom stereocenters. The third kappa shape index (κ3) is 10.4. The molecule has 36 heavy (non-hydrogen) atoms. The van der Waals surface area contributed by atoms with Crippen LogP contribution in [0.2, 0.25) is 0 Å². The number of nitrogens with zero attached hydrogens (tertiary/aromatic N) is 1. The normalized spacial score (nSPS) is 10.9.